The molecule has 0 aliphatic rings. The Labute approximate surface area is 130 Å². The third-order valence-corrected chi connectivity index (χ3v) is 2.98. The van der Waals surface area contributed by atoms with E-state index >= 15 is 0 Å². The molecule has 7 heteroatoms. The summed E-state index contributed by atoms with van der Waals surface area (Å²) in [7, 11) is 1.38. The second kappa shape index (κ2) is 7.23. The van der Waals surface area contributed by atoms with Gasteiger partial charge in [-0.1, -0.05) is 0 Å². The van der Waals surface area contributed by atoms with Crippen molar-refractivity contribution in [1.29, 1.82) is 0 Å². The second-order valence-electron chi connectivity index (χ2n) is 4.61. The number of carbonyl (C=O) groups is 1. The molecule has 1 aromatic carbocycles. The van der Waals surface area contributed by atoms with Crippen molar-refractivity contribution in [2.75, 3.05) is 13.7 Å². The molecule has 0 saturated heterocycles. The summed E-state index contributed by atoms with van der Waals surface area (Å²) in [6.45, 7) is 1.70. The van der Waals surface area contributed by atoms with Gasteiger partial charge in [-0.3, -0.25) is 0 Å². The van der Waals surface area contributed by atoms with E-state index in [0.29, 0.717) is 0 Å². The summed E-state index contributed by atoms with van der Waals surface area (Å²) in [5, 5.41) is 0. The van der Waals surface area contributed by atoms with Crippen LogP contribution in [0.5, 0.6) is 0 Å². The van der Waals surface area contributed by atoms with Crippen molar-refractivity contribution < 1.29 is 27.4 Å². The van der Waals surface area contributed by atoms with E-state index in [4.69, 9.17) is 9.47 Å². The summed E-state index contributed by atoms with van der Waals surface area (Å²) in [5.41, 5.74) is -1.21. The predicted molar refractivity (Wildman–Crippen MR) is 76.2 cm³/mol. The molecule has 0 saturated carbocycles. The normalized spacial score (nSPS) is 10.7. The number of aromatic nitrogens is 1. The van der Waals surface area contributed by atoms with Gasteiger partial charge in [0.2, 0.25) is 0 Å². The molecular formula is C16H14F3NO3. The fourth-order valence-corrected chi connectivity index (χ4v) is 2.04. The number of nitrogens with zero attached hydrogens (tertiary/aromatic N) is 1. The summed E-state index contributed by atoms with van der Waals surface area (Å²) in [4.78, 5) is 15.3. The lowest BCUT2D eigenvalue weighted by Crippen LogP contribution is -2.09. The third-order valence-electron chi connectivity index (χ3n) is 2.98. The minimum Gasteiger partial charge on any atom is -0.461 e. The number of esters is 1. The molecule has 2 rings (SSSR count). The summed E-state index contributed by atoms with van der Waals surface area (Å²) in [5.74, 6) is -3.74. The summed E-state index contributed by atoms with van der Waals surface area (Å²) >= 11 is 0. The highest BCUT2D eigenvalue weighted by molar-refractivity contribution is 5.88. The van der Waals surface area contributed by atoms with Gasteiger partial charge in [-0.25, -0.2) is 22.9 Å². The first-order chi connectivity index (χ1) is 11.0. The third kappa shape index (κ3) is 3.68. The molecule has 0 atom stereocenters. The van der Waals surface area contributed by atoms with Crippen LogP contribution in [0.1, 0.15) is 23.0 Å². The van der Waals surface area contributed by atoms with Crippen molar-refractivity contribution in [3.05, 3.63) is 53.0 Å². The molecule has 0 aliphatic heterocycles. The highest BCUT2D eigenvalue weighted by Crippen LogP contribution is 2.28. The Morgan fingerprint density at radius 2 is 1.78 bits per heavy atom. The molecule has 0 spiro atoms. The van der Waals surface area contributed by atoms with E-state index in [1.165, 1.54) is 7.11 Å². The molecular weight excluding hydrogens is 311 g/mol. The molecule has 0 unspecified atom stereocenters. The van der Waals surface area contributed by atoms with Crippen molar-refractivity contribution >= 4 is 5.97 Å². The Morgan fingerprint density at radius 3 is 2.35 bits per heavy atom. The van der Waals surface area contributed by atoms with E-state index in [9.17, 15) is 18.0 Å². The van der Waals surface area contributed by atoms with Crippen molar-refractivity contribution in [3.8, 4) is 11.3 Å². The molecule has 0 N–H and O–H groups in total. The SMILES string of the molecule is CCOC(=O)c1ccc(F)c(-c2c(F)cc(COC)cc2F)n1. The zero-order valence-corrected chi connectivity index (χ0v) is 12.5. The van der Waals surface area contributed by atoms with Crippen LogP contribution >= 0.6 is 0 Å². The maximum atomic E-state index is 14.2. The smallest absolute Gasteiger partial charge is 0.356 e. The summed E-state index contributed by atoms with van der Waals surface area (Å²) in [6, 6.07) is 4.06. The van der Waals surface area contributed by atoms with Gasteiger partial charge in [-0.05, 0) is 36.8 Å². The van der Waals surface area contributed by atoms with Gasteiger partial charge in [-0.2, -0.15) is 0 Å². The van der Waals surface area contributed by atoms with Crippen LogP contribution in [0.4, 0.5) is 13.2 Å². The molecule has 0 bridgehead atoms. The Kier molecular flexibility index (Phi) is 5.33. The van der Waals surface area contributed by atoms with Crippen molar-refractivity contribution in [1.82, 2.24) is 4.98 Å². The first-order valence-electron chi connectivity index (χ1n) is 6.78. The zero-order valence-electron chi connectivity index (χ0n) is 12.5. The number of carbonyl (C=O) groups excluding carboxylic acids is 1. The first-order valence-corrected chi connectivity index (χ1v) is 6.78. The zero-order chi connectivity index (χ0) is 17.0. The van der Waals surface area contributed by atoms with E-state index in [0.717, 1.165) is 24.3 Å². The summed E-state index contributed by atoms with van der Waals surface area (Å²) < 4.78 is 51.8. The van der Waals surface area contributed by atoms with Gasteiger partial charge in [0.05, 0.1) is 18.8 Å². The maximum Gasteiger partial charge on any atom is 0.356 e. The number of hydrogen-bond donors (Lipinski definition) is 0. The highest BCUT2D eigenvalue weighted by atomic mass is 19.1. The monoisotopic (exact) mass is 325 g/mol. The highest BCUT2D eigenvalue weighted by Gasteiger charge is 2.20. The van der Waals surface area contributed by atoms with Gasteiger partial charge in [0, 0.05) is 7.11 Å². The molecule has 0 amide bonds. The average Bonchev–Trinajstić information content (AvgIpc) is 2.49. The van der Waals surface area contributed by atoms with E-state index in [1.54, 1.807) is 6.92 Å². The van der Waals surface area contributed by atoms with Crippen molar-refractivity contribution in [3.63, 3.8) is 0 Å². The molecule has 2 aromatic rings. The standard InChI is InChI=1S/C16H14F3NO3/c1-3-23-16(21)13-5-4-10(17)15(20-13)14-11(18)6-9(8-22-2)7-12(14)19/h4-7H,3,8H2,1-2H3. The quantitative estimate of drug-likeness (QED) is 0.790. The van der Waals surface area contributed by atoms with Crippen LogP contribution in [0.15, 0.2) is 24.3 Å². The Bertz CT molecular complexity index is 712. The number of halogens is 3. The lowest BCUT2D eigenvalue weighted by molar-refractivity contribution is 0.0519. The van der Waals surface area contributed by atoms with Gasteiger partial charge in [0.25, 0.3) is 0 Å². The fraction of sp³-hybridized carbons (Fsp3) is 0.250. The Morgan fingerprint density at radius 1 is 1.13 bits per heavy atom. The topological polar surface area (TPSA) is 48.4 Å². The average molecular weight is 325 g/mol. The van der Waals surface area contributed by atoms with E-state index in [1.807, 2.05) is 0 Å². The molecule has 1 heterocycles. The van der Waals surface area contributed by atoms with Crippen LogP contribution in [0, 0.1) is 17.5 Å². The van der Waals surface area contributed by atoms with Crippen LogP contribution < -0.4 is 0 Å². The molecule has 0 aliphatic carbocycles. The lowest BCUT2D eigenvalue weighted by atomic mass is 10.1. The summed E-state index contributed by atoms with van der Waals surface area (Å²) in [6.07, 6.45) is 0. The van der Waals surface area contributed by atoms with Crippen LogP contribution in [0.25, 0.3) is 11.3 Å². The molecule has 0 fully saturated rings. The first kappa shape index (κ1) is 17.0. The van der Waals surface area contributed by atoms with Crippen LogP contribution in [-0.2, 0) is 16.1 Å². The van der Waals surface area contributed by atoms with E-state index < -0.39 is 34.7 Å². The maximum absolute atomic E-state index is 14.2. The van der Waals surface area contributed by atoms with Gasteiger partial charge in [0.1, 0.15) is 28.8 Å². The van der Waals surface area contributed by atoms with Gasteiger partial charge < -0.3 is 9.47 Å². The Hall–Kier alpha value is -2.41. The molecule has 122 valence electrons. The minimum absolute atomic E-state index is 0.00684. The predicted octanol–water partition coefficient (Wildman–Crippen LogP) is 3.49. The second-order valence-corrected chi connectivity index (χ2v) is 4.61. The van der Waals surface area contributed by atoms with Crippen LogP contribution in [0.3, 0.4) is 0 Å². The minimum atomic E-state index is -0.996. The molecule has 4 nitrogen and oxygen atoms in total. The Balaban J connectivity index is 2.53. The van der Waals surface area contributed by atoms with E-state index in [-0.39, 0.29) is 24.5 Å². The fourth-order valence-electron chi connectivity index (χ4n) is 2.04. The van der Waals surface area contributed by atoms with Gasteiger partial charge in [-0.15, -0.1) is 0 Å². The van der Waals surface area contributed by atoms with E-state index in [2.05, 4.69) is 4.98 Å². The number of rotatable bonds is 5. The molecule has 23 heavy (non-hydrogen) atoms. The van der Waals surface area contributed by atoms with Crippen molar-refractivity contribution in [2.45, 2.75) is 13.5 Å². The van der Waals surface area contributed by atoms with Gasteiger partial charge >= 0.3 is 5.97 Å². The number of methoxy groups -OCH3 is 1. The number of pyridine rings is 1. The molecule has 1 aromatic heterocycles. The van der Waals surface area contributed by atoms with Crippen LogP contribution in [-0.4, -0.2) is 24.7 Å². The van der Waals surface area contributed by atoms with Gasteiger partial charge in [0.15, 0.2) is 0 Å². The molecule has 0 radical (unpaired) electrons. The van der Waals surface area contributed by atoms with Crippen LogP contribution in [0.2, 0.25) is 0 Å². The number of ether oxygens (including phenoxy) is 2. The number of hydrogen-bond acceptors (Lipinski definition) is 4. The number of benzene rings is 1. The largest absolute Gasteiger partial charge is 0.461 e. The lowest BCUT2D eigenvalue weighted by Gasteiger charge is -2.10. The van der Waals surface area contributed by atoms with Crippen molar-refractivity contribution in [2.24, 2.45) is 0 Å².